The van der Waals surface area contributed by atoms with Crippen molar-refractivity contribution in [3.8, 4) is 6.07 Å². The fourth-order valence-electron chi connectivity index (χ4n) is 1.56. The van der Waals surface area contributed by atoms with E-state index in [-0.39, 0.29) is 18.5 Å². The van der Waals surface area contributed by atoms with Crippen molar-refractivity contribution >= 4 is 5.91 Å². The molecule has 1 aromatic rings. The van der Waals surface area contributed by atoms with Crippen molar-refractivity contribution in [2.75, 3.05) is 13.1 Å². The molecule has 0 saturated heterocycles. The molecule has 17 heavy (non-hydrogen) atoms. The molecule has 0 heterocycles. The van der Waals surface area contributed by atoms with E-state index >= 15 is 0 Å². The summed E-state index contributed by atoms with van der Waals surface area (Å²) in [5.74, 6) is -0.0497. The molecule has 0 aliphatic heterocycles. The van der Waals surface area contributed by atoms with Gasteiger partial charge in [-0.05, 0) is 12.5 Å². The van der Waals surface area contributed by atoms with Gasteiger partial charge in [-0.1, -0.05) is 30.3 Å². The molecule has 0 aromatic heterocycles. The summed E-state index contributed by atoms with van der Waals surface area (Å²) in [4.78, 5) is 11.3. The minimum atomic E-state index is -0.0937. The lowest BCUT2D eigenvalue weighted by Crippen LogP contribution is -2.35. The first kappa shape index (κ1) is 13.2. The van der Waals surface area contributed by atoms with Gasteiger partial charge in [-0.15, -0.1) is 0 Å². The lowest BCUT2D eigenvalue weighted by atomic mass is 10.0. The predicted molar refractivity (Wildman–Crippen MR) is 66.1 cm³/mol. The third kappa shape index (κ3) is 4.66. The first-order valence-electron chi connectivity index (χ1n) is 5.70. The van der Waals surface area contributed by atoms with Crippen LogP contribution < -0.4 is 10.6 Å². The molecule has 0 bridgehead atoms. The van der Waals surface area contributed by atoms with Gasteiger partial charge in [-0.25, -0.2) is 0 Å². The number of nitriles is 1. The molecule has 2 N–H and O–H groups in total. The fourth-order valence-corrected chi connectivity index (χ4v) is 1.56. The molecule has 4 heteroatoms. The van der Waals surface area contributed by atoms with Gasteiger partial charge in [-0.3, -0.25) is 4.79 Å². The summed E-state index contributed by atoms with van der Waals surface area (Å²) in [6.45, 7) is 2.73. The SMILES string of the molecule is CCNC(=O)CNC(CC#N)c1ccccc1. The average molecular weight is 231 g/mol. The quantitative estimate of drug-likeness (QED) is 0.777. The summed E-state index contributed by atoms with van der Waals surface area (Å²) in [6, 6.07) is 11.7. The first-order valence-corrected chi connectivity index (χ1v) is 5.70. The Hall–Kier alpha value is -1.86. The van der Waals surface area contributed by atoms with Crippen LogP contribution in [0.25, 0.3) is 0 Å². The van der Waals surface area contributed by atoms with Gasteiger partial charge >= 0.3 is 0 Å². The lowest BCUT2D eigenvalue weighted by molar-refractivity contribution is -0.120. The maximum Gasteiger partial charge on any atom is 0.233 e. The highest BCUT2D eigenvalue weighted by molar-refractivity contribution is 5.77. The Morgan fingerprint density at radius 1 is 1.41 bits per heavy atom. The number of hydrogen-bond acceptors (Lipinski definition) is 3. The Kier molecular flexibility index (Phi) is 5.76. The van der Waals surface area contributed by atoms with Crippen LogP contribution in [-0.4, -0.2) is 19.0 Å². The van der Waals surface area contributed by atoms with Crippen molar-refractivity contribution in [3.63, 3.8) is 0 Å². The van der Waals surface area contributed by atoms with E-state index in [0.29, 0.717) is 13.0 Å². The van der Waals surface area contributed by atoms with Gasteiger partial charge in [0.25, 0.3) is 0 Å². The summed E-state index contributed by atoms with van der Waals surface area (Å²) in [5, 5.41) is 14.6. The molecule has 0 saturated carbocycles. The zero-order chi connectivity index (χ0) is 12.5. The standard InChI is InChI=1S/C13H17N3O/c1-2-15-13(17)10-16-12(8-9-14)11-6-4-3-5-7-11/h3-7,12,16H,2,8,10H2,1H3,(H,15,17). The zero-order valence-electron chi connectivity index (χ0n) is 9.94. The molecule has 0 spiro atoms. The van der Waals surface area contributed by atoms with Crippen LogP contribution in [0.3, 0.4) is 0 Å². The predicted octanol–water partition coefficient (Wildman–Crippen LogP) is 1.37. The van der Waals surface area contributed by atoms with Crippen LogP contribution in [0.5, 0.6) is 0 Å². The number of carbonyl (C=O) groups is 1. The van der Waals surface area contributed by atoms with Crippen molar-refractivity contribution in [3.05, 3.63) is 35.9 Å². The van der Waals surface area contributed by atoms with E-state index in [1.807, 2.05) is 37.3 Å². The number of likely N-dealkylation sites (N-methyl/N-ethyl adjacent to an activating group) is 1. The van der Waals surface area contributed by atoms with Gasteiger partial charge in [0, 0.05) is 12.6 Å². The van der Waals surface area contributed by atoms with Crippen molar-refractivity contribution in [1.29, 1.82) is 5.26 Å². The van der Waals surface area contributed by atoms with Crippen molar-refractivity contribution in [2.45, 2.75) is 19.4 Å². The molecule has 1 unspecified atom stereocenters. The molecule has 0 aliphatic carbocycles. The maximum atomic E-state index is 11.3. The molecular formula is C13H17N3O. The van der Waals surface area contributed by atoms with Crippen molar-refractivity contribution in [1.82, 2.24) is 10.6 Å². The second kappa shape index (κ2) is 7.42. The van der Waals surface area contributed by atoms with E-state index < -0.39 is 0 Å². The molecule has 1 amide bonds. The van der Waals surface area contributed by atoms with Crippen LogP contribution in [0.2, 0.25) is 0 Å². The highest BCUT2D eigenvalue weighted by Crippen LogP contribution is 2.15. The first-order chi connectivity index (χ1) is 8.27. The molecule has 1 rings (SSSR count). The van der Waals surface area contributed by atoms with E-state index in [1.54, 1.807) is 0 Å². The van der Waals surface area contributed by atoms with Gasteiger partial charge in [-0.2, -0.15) is 5.26 Å². The van der Waals surface area contributed by atoms with Crippen LogP contribution in [0.1, 0.15) is 24.9 Å². The van der Waals surface area contributed by atoms with Crippen molar-refractivity contribution < 1.29 is 4.79 Å². The molecule has 90 valence electrons. The second-order valence-corrected chi connectivity index (χ2v) is 3.66. The number of amides is 1. The van der Waals surface area contributed by atoms with Crippen LogP contribution in [-0.2, 0) is 4.79 Å². The summed E-state index contributed by atoms with van der Waals surface area (Å²) in [6.07, 6.45) is 0.351. The molecule has 0 aliphatic rings. The molecule has 0 fully saturated rings. The fraction of sp³-hybridized carbons (Fsp3) is 0.385. The van der Waals surface area contributed by atoms with Crippen LogP contribution in [0.4, 0.5) is 0 Å². The minimum absolute atomic E-state index is 0.0497. The lowest BCUT2D eigenvalue weighted by Gasteiger charge is -2.15. The van der Waals surface area contributed by atoms with Gasteiger partial charge in [0.1, 0.15) is 0 Å². The van der Waals surface area contributed by atoms with E-state index in [4.69, 9.17) is 5.26 Å². The number of nitrogens with zero attached hydrogens (tertiary/aromatic N) is 1. The Balaban J connectivity index is 2.56. The van der Waals surface area contributed by atoms with Crippen LogP contribution in [0.15, 0.2) is 30.3 Å². The topological polar surface area (TPSA) is 64.9 Å². The number of hydrogen-bond donors (Lipinski definition) is 2. The van der Waals surface area contributed by atoms with Crippen LogP contribution in [0, 0.1) is 11.3 Å². The van der Waals surface area contributed by atoms with E-state index in [2.05, 4.69) is 16.7 Å². The van der Waals surface area contributed by atoms with Gasteiger partial charge in [0.15, 0.2) is 0 Å². The Morgan fingerprint density at radius 3 is 2.71 bits per heavy atom. The number of benzene rings is 1. The summed E-state index contributed by atoms with van der Waals surface area (Å²) < 4.78 is 0. The van der Waals surface area contributed by atoms with Gasteiger partial charge < -0.3 is 10.6 Å². The Morgan fingerprint density at radius 2 is 2.12 bits per heavy atom. The second-order valence-electron chi connectivity index (χ2n) is 3.66. The molecule has 1 atom stereocenters. The highest BCUT2D eigenvalue weighted by atomic mass is 16.1. The van der Waals surface area contributed by atoms with Crippen LogP contribution >= 0.6 is 0 Å². The normalized spacial score (nSPS) is 11.5. The molecule has 4 nitrogen and oxygen atoms in total. The third-order valence-corrected chi connectivity index (χ3v) is 2.38. The highest BCUT2D eigenvalue weighted by Gasteiger charge is 2.11. The van der Waals surface area contributed by atoms with E-state index in [1.165, 1.54) is 0 Å². The summed E-state index contributed by atoms with van der Waals surface area (Å²) in [7, 11) is 0. The molecule has 0 radical (unpaired) electrons. The zero-order valence-corrected chi connectivity index (χ0v) is 9.94. The molecular weight excluding hydrogens is 214 g/mol. The van der Waals surface area contributed by atoms with E-state index in [9.17, 15) is 4.79 Å². The van der Waals surface area contributed by atoms with E-state index in [0.717, 1.165) is 5.56 Å². The largest absolute Gasteiger partial charge is 0.355 e. The average Bonchev–Trinajstić information content (AvgIpc) is 2.36. The Bertz CT molecular complexity index is 383. The monoisotopic (exact) mass is 231 g/mol. The summed E-state index contributed by atoms with van der Waals surface area (Å²) >= 11 is 0. The number of rotatable bonds is 6. The van der Waals surface area contributed by atoms with Gasteiger partial charge in [0.05, 0.1) is 19.0 Å². The maximum absolute atomic E-state index is 11.3. The molecule has 1 aromatic carbocycles. The van der Waals surface area contributed by atoms with Crippen molar-refractivity contribution in [2.24, 2.45) is 0 Å². The smallest absolute Gasteiger partial charge is 0.233 e. The van der Waals surface area contributed by atoms with Gasteiger partial charge in [0.2, 0.25) is 5.91 Å². The third-order valence-electron chi connectivity index (χ3n) is 2.38. The Labute approximate surface area is 102 Å². The minimum Gasteiger partial charge on any atom is -0.355 e. The number of carbonyl (C=O) groups excluding carboxylic acids is 1. The number of nitrogens with one attached hydrogen (secondary N) is 2. The summed E-state index contributed by atoms with van der Waals surface area (Å²) in [5.41, 5.74) is 1.03.